The Kier molecular flexibility index (Phi) is 5.26. The highest BCUT2D eigenvalue weighted by Gasteiger charge is 2.31. The zero-order valence-corrected chi connectivity index (χ0v) is 18.0. The maximum atomic E-state index is 13.1. The third-order valence-corrected chi connectivity index (χ3v) is 6.57. The monoisotopic (exact) mass is 447 g/mol. The van der Waals surface area contributed by atoms with Crippen LogP contribution in [0.25, 0.3) is 10.8 Å². The number of carbonyl (C=O) groups excluding carboxylic acids is 1. The molecular weight excluding hydrogens is 430 g/mol. The minimum atomic E-state index is -0.349. The van der Waals surface area contributed by atoms with Crippen molar-refractivity contribution < 1.29 is 4.79 Å². The van der Waals surface area contributed by atoms with E-state index in [2.05, 4.69) is 15.3 Å². The number of nitrogens with zero attached hydrogens (tertiary/aromatic N) is 1. The van der Waals surface area contributed by atoms with E-state index in [-0.39, 0.29) is 23.8 Å². The first-order valence-corrected chi connectivity index (χ1v) is 11.2. The summed E-state index contributed by atoms with van der Waals surface area (Å²) in [6.07, 6.45) is 0.209. The third kappa shape index (κ3) is 3.96. The maximum Gasteiger partial charge on any atom is 0.257 e. The van der Waals surface area contributed by atoms with Crippen molar-refractivity contribution in [3.63, 3.8) is 0 Å². The van der Waals surface area contributed by atoms with Gasteiger partial charge in [0.05, 0.1) is 5.56 Å². The van der Waals surface area contributed by atoms with Crippen molar-refractivity contribution in [2.75, 3.05) is 5.32 Å². The molecule has 0 spiro atoms. The fourth-order valence-electron chi connectivity index (χ4n) is 4.02. The number of H-pyrrole nitrogens is 1. The number of thioether (sulfide) groups is 1. The molecule has 0 saturated heterocycles. The number of anilines is 1. The van der Waals surface area contributed by atoms with Crippen molar-refractivity contribution >= 4 is 45.9 Å². The second-order valence-electron chi connectivity index (χ2n) is 7.43. The molecule has 0 aliphatic carbocycles. The van der Waals surface area contributed by atoms with Gasteiger partial charge in [-0.25, -0.2) is 4.98 Å². The molecule has 0 fully saturated rings. The third-order valence-electron chi connectivity index (χ3n) is 5.39. The number of hydrogen-bond donors (Lipinski definition) is 2. The molecule has 1 unspecified atom stereocenters. The van der Waals surface area contributed by atoms with Crippen LogP contribution in [0.3, 0.4) is 0 Å². The summed E-state index contributed by atoms with van der Waals surface area (Å²) in [6.45, 7) is 0. The molecule has 3 aromatic carbocycles. The van der Waals surface area contributed by atoms with E-state index in [4.69, 9.17) is 11.6 Å². The molecule has 154 valence electrons. The Labute approximate surface area is 187 Å². The van der Waals surface area contributed by atoms with E-state index in [1.807, 2.05) is 66.7 Å². The predicted octanol–water partition coefficient (Wildman–Crippen LogP) is 5.34. The Bertz CT molecular complexity index is 1360. The molecule has 0 bridgehead atoms. The minimum Gasteiger partial charge on any atom is -0.310 e. The topological polar surface area (TPSA) is 74.8 Å². The van der Waals surface area contributed by atoms with Crippen molar-refractivity contribution in [3.8, 4) is 0 Å². The Hall–Kier alpha value is -3.09. The quantitative estimate of drug-likeness (QED) is 0.327. The van der Waals surface area contributed by atoms with E-state index in [0.717, 1.165) is 21.9 Å². The largest absolute Gasteiger partial charge is 0.310 e. The Morgan fingerprint density at radius 3 is 2.71 bits per heavy atom. The number of aromatic nitrogens is 2. The number of halogens is 1. The molecule has 0 saturated carbocycles. The maximum absolute atomic E-state index is 13.1. The van der Waals surface area contributed by atoms with Gasteiger partial charge in [0.1, 0.15) is 5.82 Å². The van der Waals surface area contributed by atoms with E-state index in [1.54, 1.807) is 0 Å². The van der Waals surface area contributed by atoms with Crippen LogP contribution in [-0.2, 0) is 10.5 Å². The molecular formula is C24H18ClN3O2S. The summed E-state index contributed by atoms with van der Waals surface area (Å²) in [5.41, 5.74) is 2.26. The Balaban J connectivity index is 1.53. The lowest BCUT2D eigenvalue weighted by atomic mass is 9.84. The lowest BCUT2D eigenvalue weighted by molar-refractivity contribution is -0.116. The molecule has 31 heavy (non-hydrogen) atoms. The van der Waals surface area contributed by atoms with Gasteiger partial charge in [-0.05, 0) is 34.0 Å². The Morgan fingerprint density at radius 2 is 1.84 bits per heavy atom. The number of fused-ring (bicyclic) bond motifs is 2. The molecule has 5 rings (SSSR count). The molecule has 1 aromatic heterocycles. The molecule has 4 aromatic rings. The summed E-state index contributed by atoms with van der Waals surface area (Å²) in [6, 6.07) is 21.5. The van der Waals surface area contributed by atoms with E-state index >= 15 is 0 Å². The van der Waals surface area contributed by atoms with Crippen molar-refractivity contribution in [1.82, 2.24) is 9.97 Å². The number of aromatic amines is 1. The van der Waals surface area contributed by atoms with Crippen LogP contribution in [0, 0.1) is 0 Å². The lowest BCUT2D eigenvalue weighted by Crippen LogP contribution is -2.31. The number of carbonyl (C=O) groups is 1. The molecule has 1 aliphatic heterocycles. The van der Waals surface area contributed by atoms with Gasteiger partial charge in [-0.1, -0.05) is 78.0 Å². The van der Waals surface area contributed by atoms with Gasteiger partial charge >= 0.3 is 0 Å². The first-order valence-electron chi connectivity index (χ1n) is 9.87. The number of amides is 1. The van der Waals surface area contributed by atoms with Crippen LogP contribution in [0.15, 0.2) is 76.7 Å². The van der Waals surface area contributed by atoms with Gasteiger partial charge in [0.25, 0.3) is 5.56 Å². The van der Waals surface area contributed by atoms with E-state index in [9.17, 15) is 9.59 Å². The number of benzene rings is 3. The van der Waals surface area contributed by atoms with E-state index in [1.165, 1.54) is 11.8 Å². The summed E-state index contributed by atoms with van der Waals surface area (Å²) in [5.74, 6) is 0.446. The average molecular weight is 448 g/mol. The summed E-state index contributed by atoms with van der Waals surface area (Å²) >= 11 is 7.44. The zero-order chi connectivity index (χ0) is 21.4. The minimum absolute atomic E-state index is 0.144. The van der Waals surface area contributed by atoms with Crippen molar-refractivity contribution in [3.05, 3.63) is 98.8 Å². The van der Waals surface area contributed by atoms with Crippen LogP contribution >= 0.6 is 23.4 Å². The van der Waals surface area contributed by atoms with Gasteiger partial charge in [-0.15, -0.1) is 0 Å². The molecule has 5 nitrogen and oxygen atoms in total. The summed E-state index contributed by atoms with van der Waals surface area (Å²) in [5, 5.41) is 6.03. The van der Waals surface area contributed by atoms with Crippen LogP contribution in [0.5, 0.6) is 0 Å². The molecule has 1 aliphatic rings. The van der Waals surface area contributed by atoms with Crippen molar-refractivity contribution in [2.24, 2.45) is 0 Å². The zero-order valence-electron chi connectivity index (χ0n) is 16.4. The summed E-state index contributed by atoms with van der Waals surface area (Å²) < 4.78 is 0. The molecule has 1 amide bonds. The van der Waals surface area contributed by atoms with Crippen LogP contribution < -0.4 is 10.9 Å². The van der Waals surface area contributed by atoms with Crippen LogP contribution in [0.1, 0.15) is 29.0 Å². The average Bonchev–Trinajstić information content (AvgIpc) is 2.76. The van der Waals surface area contributed by atoms with Crippen LogP contribution in [0.4, 0.5) is 5.82 Å². The fraction of sp³-hybridized carbons (Fsp3) is 0.125. The van der Waals surface area contributed by atoms with Crippen molar-refractivity contribution in [1.29, 1.82) is 0 Å². The second-order valence-corrected chi connectivity index (χ2v) is 8.83. The number of hydrogen-bond acceptors (Lipinski definition) is 4. The second kappa shape index (κ2) is 8.21. The highest BCUT2D eigenvalue weighted by Crippen LogP contribution is 2.37. The molecule has 7 heteroatoms. The number of nitrogens with one attached hydrogen (secondary N) is 2. The number of rotatable bonds is 4. The highest BCUT2D eigenvalue weighted by molar-refractivity contribution is 7.98. The normalized spacial score (nSPS) is 15.5. The molecule has 2 N–H and O–H groups in total. The fourth-order valence-corrected chi connectivity index (χ4v) is 5.03. The predicted molar refractivity (Wildman–Crippen MR) is 125 cm³/mol. The SMILES string of the molecule is O=C1CC(c2cccc3ccccc23)c2c(nc(SCc3cccc(Cl)c3)[nH]c2=O)N1. The standard InChI is InChI=1S/C24H18ClN3O2S/c25-16-8-3-5-14(11-16)13-31-24-27-22-21(23(30)28-24)19(12-20(29)26-22)18-10-4-7-15-6-1-2-9-17(15)18/h1-11,19H,12-13H2,(H2,26,27,28,29,30). The summed E-state index contributed by atoms with van der Waals surface area (Å²) in [7, 11) is 0. The first kappa shape index (κ1) is 19.8. The first-order chi connectivity index (χ1) is 15.1. The van der Waals surface area contributed by atoms with Gasteiger partial charge < -0.3 is 10.3 Å². The molecule has 1 atom stereocenters. The van der Waals surface area contributed by atoms with Gasteiger partial charge in [0.15, 0.2) is 5.16 Å². The van der Waals surface area contributed by atoms with Crippen LogP contribution in [-0.4, -0.2) is 15.9 Å². The molecule has 2 heterocycles. The van der Waals surface area contributed by atoms with Gasteiger partial charge in [-0.2, -0.15) is 0 Å². The van der Waals surface area contributed by atoms with E-state index < -0.39 is 0 Å². The smallest absolute Gasteiger partial charge is 0.257 e. The molecule has 0 radical (unpaired) electrons. The van der Waals surface area contributed by atoms with Crippen molar-refractivity contribution in [2.45, 2.75) is 23.2 Å². The highest BCUT2D eigenvalue weighted by atomic mass is 35.5. The van der Waals surface area contributed by atoms with Gasteiger partial charge in [0, 0.05) is 23.1 Å². The van der Waals surface area contributed by atoms with Gasteiger partial charge in [-0.3, -0.25) is 9.59 Å². The van der Waals surface area contributed by atoms with Gasteiger partial charge in [0.2, 0.25) is 5.91 Å². The van der Waals surface area contributed by atoms with Crippen LogP contribution in [0.2, 0.25) is 5.02 Å². The lowest BCUT2D eigenvalue weighted by Gasteiger charge is -2.25. The summed E-state index contributed by atoms with van der Waals surface area (Å²) in [4.78, 5) is 33.1. The van der Waals surface area contributed by atoms with E-state index in [0.29, 0.717) is 27.3 Å². The Morgan fingerprint density at radius 1 is 1.03 bits per heavy atom.